The first-order valence-electron chi connectivity index (χ1n) is 9.39. The average Bonchev–Trinajstić information content (AvgIpc) is 2.43. The fourth-order valence-corrected chi connectivity index (χ4v) is 3.74. The van der Waals surface area contributed by atoms with Gasteiger partial charge in [0, 0.05) is 0 Å². The standard InChI is InChI=1S/C22H34O4/c1-9-13-14(10-2)16(12-22(6,7)8)18(20(25)26)17(19(23)24)15(13)11-21(3,4)5/h9-12H2,1-8H3,(H,23,24)(H,25,26). The van der Waals surface area contributed by atoms with Crippen LogP contribution in [-0.4, -0.2) is 22.2 Å². The molecule has 0 aromatic heterocycles. The van der Waals surface area contributed by atoms with E-state index in [0.717, 1.165) is 11.1 Å². The van der Waals surface area contributed by atoms with E-state index in [9.17, 15) is 19.8 Å². The minimum absolute atomic E-state index is 0.0132. The molecule has 1 rings (SSSR count). The van der Waals surface area contributed by atoms with Gasteiger partial charge in [0.2, 0.25) is 0 Å². The molecule has 1 aromatic rings. The summed E-state index contributed by atoms with van der Waals surface area (Å²) in [5, 5.41) is 19.9. The summed E-state index contributed by atoms with van der Waals surface area (Å²) in [4.78, 5) is 24.3. The Morgan fingerprint density at radius 3 is 1.08 bits per heavy atom. The van der Waals surface area contributed by atoms with Gasteiger partial charge >= 0.3 is 11.9 Å². The van der Waals surface area contributed by atoms with Crippen LogP contribution in [0.25, 0.3) is 0 Å². The molecule has 26 heavy (non-hydrogen) atoms. The van der Waals surface area contributed by atoms with Crippen molar-refractivity contribution in [2.75, 3.05) is 0 Å². The highest BCUT2D eigenvalue weighted by molar-refractivity contribution is 6.04. The van der Waals surface area contributed by atoms with Crippen LogP contribution in [0, 0.1) is 10.8 Å². The van der Waals surface area contributed by atoms with Crippen molar-refractivity contribution >= 4 is 11.9 Å². The highest BCUT2D eigenvalue weighted by Gasteiger charge is 2.32. The topological polar surface area (TPSA) is 74.6 Å². The van der Waals surface area contributed by atoms with Crippen molar-refractivity contribution in [1.29, 1.82) is 0 Å². The average molecular weight is 363 g/mol. The lowest BCUT2D eigenvalue weighted by Gasteiger charge is -2.29. The molecule has 0 bridgehead atoms. The molecule has 1 aromatic carbocycles. The summed E-state index contributed by atoms with van der Waals surface area (Å²) in [6.45, 7) is 16.3. The minimum atomic E-state index is -1.14. The Labute approximate surface area is 157 Å². The summed E-state index contributed by atoms with van der Waals surface area (Å²) in [5.74, 6) is -2.29. The molecule has 146 valence electrons. The molecule has 0 unspecified atom stereocenters. The van der Waals surface area contributed by atoms with Gasteiger partial charge in [-0.25, -0.2) is 9.59 Å². The summed E-state index contributed by atoms with van der Waals surface area (Å²) in [7, 11) is 0. The Morgan fingerprint density at radius 2 is 0.923 bits per heavy atom. The van der Waals surface area contributed by atoms with Gasteiger partial charge in [-0.05, 0) is 58.8 Å². The summed E-state index contributed by atoms with van der Waals surface area (Å²) < 4.78 is 0. The highest BCUT2D eigenvalue weighted by Crippen LogP contribution is 2.37. The third-order valence-electron chi connectivity index (χ3n) is 4.50. The summed E-state index contributed by atoms with van der Waals surface area (Å²) in [5.41, 5.74) is 3.12. The highest BCUT2D eigenvalue weighted by atomic mass is 16.4. The van der Waals surface area contributed by atoms with Crippen molar-refractivity contribution in [3.05, 3.63) is 33.4 Å². The van der Waals surface area contributed by atoms with Gasteiger partial charge in [0.05, 0.1) is 11.1 Å². The van der Waals surface area contributed by atoms with Crippen molar-refractivity contribution in [3.63, 3.8) is 0 Å². The largest absolute Gasteiger partial charge is 0.478 e. The molecule has 0 atom stereocenters. The first-order valence-corrected chi connectivity index (χ1v) is 9.39. The first kappa shape index (κ1) is 22.2. The van der Waals surface area contributed by atoms with Crippen LogP contribution >= 0.6 is 0 Å². The molecule has 4 nitrogen and oxygen atoms in total. The molecule has 0 fully saturated rings. The normalized spacial score (nSPS) is 12.3. The van der Waals surface area contributed by atoms with Crippen molar-refractivity contribution < 1.29 is 19.8 Å². The van der Waals surface area contributed by atoms with Gasteiger partial charge in [-0.1, -0.05) is 55.4 Å². The lowest BCUT2D eigenvalue weighted by Crippen LogP contribution is -2.24. The van der Waals surface area contributed by atoms with Crippen LogP contribution < -0.4 is 0 Å². The summed E-state index contributed by atoms with van der Waals surface area (Å²) >= 11 is 0. The van der Waals surface area contributed by atoms with E-state index >= 15 is 0 Å². The predicted octanol–water partition coefficient (Wildman–Crippen LogP) is 5.39. The van der Waals surface area contributed by atoms with Gasteiger partial charge < -0.3 is 10.2 Å². The molecule has 0 amide bonds. The molecule has 0 saturated heterocycles. The van der Waals surface area contributed by atoms with E-state index in [4.69, 9.17) is 0 Å². The second-order valence-electron chi connectivity index (χ2n) is 9.46. The number of hydrogen-bond donors (Lipinski definition) is 2. The SMILES string of the molecule is CCc1c(CC)c(CC(C)(C)C)c(C(=O)O)c(C(=O)O)c1CC(C)(C)C. The molecule has 0 aliphatic heterocycles. The van der Waals surface area contributed by atoms with Crippen LogP contribution in [0.2, 0.25) is 0 Å². The smallest absolute Gasteiger partial charge is 0.336 e. The molecule has 0 aliphatic rings. The molecule has 0 heterocycles. The monoisotopic (exact) mass is 362 g/mol. The van der Waals surface area contributed by atoms with Gasteiger partial charge in [-0.2, -0.15) is 0 Å². The number of benzene rings is 1. The van der Waals surface area contributed by atoms with E-state index in [2.05, 4.69) is 0 Å². The van der Waals surface area contributed by atoms with Gasteiger partial charge in [0.25, 0.3) is 0 Å². The van der Waals surface area contributed by atoms with E-state index in [0.29, 0.717) is 36.8 Å². The second-order valence-corrected chi connectivity index (χ2v) is 9.46. The number of hydrogen-bond acceptors (Lipinski definition) is 2. The lowest BCUT2D eigenvalue weighted by atomic mass is 9.75. The Kier molecular flexibility index (Phi) is 6.67. The van der Waals surface area contributed by atoms with E-state index in [1.165, 1.54) is 0 Å². The van der Waals surface area contributed by atoms with Gasteiger partial charge in [-0.3, -0.25) is 0 Å². The molecule has 0 spiro atoms. The third kappa shape index (κ3) is 5.09. The maximum atomic E-state index is 12.2. The van der Waals surface area contributed by atoms with Crippen LogP contribution in [0.1, 0.15) is 98.4 Å². The van der Waals surface area contributed by atoms with Crippen molar-refractivity contribution in [1.82, 2.24) is 0 Å². The van der Waals surface area contributed by atoms with Crippen molar-refractivity contribution in [2.45, 2.75) is 81.1 Å². The van der Waals surface area contributed by atoms with Gasteiger partial charge in [0.1, 0.15) is 0 Å². The van der Waals surface area contributed by atoms with Crippen LogP contribution in [0.3, 0.4) is 0 Å². The fraction of sp³-hybridized carbons (Fsp3) is 0.636. The molecule has 0 aliphatic carbocycles. The van der Waals surface area contributed by atoms with Crippen LogP contribution in [0.4, 0.5) is 0 Å². The number of rotatable bonds is 6. The molecule has 4 heteroatoms. The number of carbonyl (C=O) groups is 2. The predicted molar refractivity (Wildman–Crippen MR) is 105 cm³/mol. The van der Waals surface area contributed by atoms with E-state index in [1.54, 1.807) is 0 Å². The molecule has 0 radical (unpaired) electrons. The molecule has 2 N–H and O–H groups in total. The second kappa shape index (κ2) is 7.81. The zero-order valence-electron chi connectivity index (χ0n) is 17.5. The third-order valence-corrected chi connectivity index (χ3v) is 4.50. The maximum Gasteiger partial charge on any atom is 0.336 e. The van der Waals surface area contributed by atoms with Crippen LogP contribution in [0.5, 0.6) is 0 Å². The van der Waals surface area contributed by atoms with E-state index < -0.39 is 11.9 Å². The lowest BCUT2D eigenvalue weighted by molar-refractivity contribution is 0.0648. The Morgan fingerprint density at radius 1 is 0.654 bits per heavy atom. The quantitative estimate of drug-likeness (QED) is 0.712. The molecular formula is C22H34O4. The number of carboxylic acids is 2. The Hall–Kier alpha value is -1.84. The van der Waals surface area contributed by atoms with Crippen LogP contribution in [0.15, 0.2) is 0 Å². The van der Waals surface area contributed by atoms with Crippen molar-refractivity contribution in [3.8, 4) is 0 Å². The zero-order chi connectivity index (χ0) is 20.4. The van der Waals surface area contributed by atoms with E-state index in [-0.39, 0.29) is 22.0 Å². The maximum absolute atomic E-state index is 12.2. The first-order chi connectivity index (χ1) is 11.7. The van der Waals surface area contributed by atoms with Gasteiger partial charge in [-0.15, -0.1) is 0 Å². The fourth-order valence-electron chi connectivity index (χ4n) is 3.74. The molecule has 0 saturated carbocycles. The minimum Gasteiger partial charge on any atom is -0.478 e. The van der Waals surface area contributed by atoms with Gasteiger partial charge in [0.15, 0.2) is 0 Å². The Balaban J connectivity index is 4.08. The Bertz CT molecular complexity index is 640. The zero-order valence-corrected chi connectivity index (χ0v) is 17.5. The van der Waals surface area contributed by atoms with Crippen molar-refractivity contribution in [2.24, 2.45) is 10.8 Å². The van der Waals surface area contributed by atoms with Crippen LogP contribution in [-0.2, 0) is 25.7 Å². The summed E-state index contributed by atoms with van der Waals surface area (Å²) in [6.07, 6.45) is 2.49. The number of aromatic carboxylic acids is 2. The molecular weight excluding hydrogens is 328 g/mol. The number of carboxylic acid groups (broad SMARTS) is 2. The van der Waals surface area contributed by atoms with E-state index in [1.807, 2.05) is 55.4 Å². The summed E-state index contributed by atoms with van der Waals surface area (Å²) in [6, 6.07) is 0.